The first-order valence-corrected chi connectivity index (χ1v) is 8.77. The summed E-state index contributed by atoms with van der Waals surface area (Å²) < 4.78 is 0. The van der Waals surface area contributed by atoms with Crippen molar-refractivity contribution < 1.29 is 0 Å². The molecule has 96 valence electrons. The van der Waals surface area contributed by atoms with E-state index in [4.69, 9.17) is 0 Å². The number of hydrogen-bond donors (Lipinski definition) is 0. The summed E-state index contributed by atoms with van der Waals surface area (Å²) in [5.74, 6) is 0. The standard InChI is InChI=1S/C12H26N2S2/c1-11(15-3)5-6-13-7-9-14(10-8-13)12(2)16-4/h11-12H,5-10H2,1-4H3. The second-order valence-electron chi connectivity index (χ2n) is 4.55. The van der Waals surface area contributed by atoms with Crippen LogP contribution in [-0.4, -0.2) is 65.7 Å². The summed E-state index contributed by atoms with van der Waals surface area (Å²) >= 11 is 3.94. The van der Waals surface area contributed by atoms with Gasteiger partial charge in [-0.1, -0.05) is 6.92 Å². The third kappa shape index (κ3) is 4.86. The van der Waals surface area contributed by atoms with Crippen LogP contribution in [0.15, 0.2) is 0 Å². The summed E-state index contributed by atoms with van der Waals surface area (Å²) in [7, 11) is 0. The molecule has 0 amide bonds. The highest BCUT2D eigenvalue weighted by atomic mass is 32.2. The molecule has 0 aromatic carbocycles. The summed E-state index contributed by atoms with van der Waals surface area (Å²) in [6.45, 7) is 10.9. The minimum Gasteiger partial charge on any atom is -0.301 e. The van der Waals surface area contributed by atoms with Gasteiger partial charge in [0.25, 0.3) is 0 Å². The van der Waals surface area contributed by atoms with E-state index in [-0.39, 0.29) is 0 Å². The van der Waals surface area contributed by atoms with Crippen LogP contribution < -0.4 is 0 Å². The zero-order valence-corrected chi connectivity index (χ0v) is 12.7. The number of thioether (sulfide) groups is 2. The molecule has 0 aliphatic carbocycles. The predicted molar refractivity (Wildman–Crippen MR) is 78.6 cm³/mol. The maximum atomic E-state index is 2.62. The van der Waals surface area contributed by atoms with Crippen molar-refractivity contribution in [2.45, 2.75) is 30.9 Å². The smallest absolute Gasteiger partial charge is 0.0526 e. The van der Waals surface area contributed by atoms with Crippen LogP contribution in [0, 0.1) is 0 Å². The molecule has 1 rings (SSSR count). The van der Waals surface area contributed by atoms with Crippen molar-refractivity contribution in [1.29, 1.82) is 0 Å². The van der Waals surface area contributed by atoms with Gasteiger partial charge >= 0.3 is 0 Å². The number of nitrogens with zero attached hydrogens (tertiary/aromatic N) is 2. The fourth-order valence-electron chi connectivity index (χ4n) is 1.98. The Hall–Kier alpha value is 0.620. The number of hydrogen-bond acceptors (Lipinski definition) is 4. The van der Waals surface area contributed by atoms with Crippen molar-refractivity contribution in [2.75, 3.05) is 45.2 Å². The molecule has 0 N–H and O–H groups in total. The van der Waals surface area contributed by atoms with Gasteiger partial charge in [0.1, 0.15) is 0 Å². The molecule has 1 saturated heterocycles. The van der Waals surface area contributed by atoms with Gasteiger partial charge in [0.2, 0.25) is 0 Å². The molecule has 2 atom stereocenters. The van der Waals surface area contributed by atoms with Crippen molar-refractivity contribution in [3.8, 4) is 0 Å². The molecule has 0 aromatic heterocycles. The highest BCUT2D eigenvalue weighted by molar-refractivity contribution is 7.99. The first-order valence-electron chi connectivity index (χ1n) is 6.19. The third-order valence-electron chi connectivity index (χ3n) is 3.52. The Labute approximate surface area is 110 Å². The van der Waals surface area contributed by atoms with Crippen molar-refractivity contribution in [3.05, 3.63) is 0 Å². The van der Waals surface area contributed by atoms with Crippen LogP contribution in [0.5, 0.6) is 0 Å². The molecular weight excluding hydrogens is 236 g/mol. The van der Waals surface area contributed by atoms with E-state index in [1.807, 2.05) is 23.5 Å². The predicted octanol–water partition coefficient (Wildman–Crippen LogP) is 2.45. The molecule has 1 aliphatic heterocycles. The van der Waals surface area contributed by atoms with Gasteiger partial charge in [-0.25, -0.2) is 0 Å². The summed E-state index contributed by atoms with van der Waals surface area (Å²) in [5, 5.41) is 1.50. The molecule has 0 aromatic rings. The van der Waals surface area contributed by atoms with Crippen LogP contribution >= 0.6 is 23.5 Å². The lowest BCUT2D eigenvalue weighted by Crippen LogP contribution is -2.49. The fraction of sp³-hybridized carbons (Fsp3) is 1.00. The topological polar surface area (TPSA) is 6.48 Å². The van der Waals surface area contributed by atoms with Gasteiger partial charge in [0.05, 0.1) is 5.37 Å². The van der Waals surface area contributed by atoms with Gasteiger partial charge in [-0.2, -0.15) is 11.8 Å². The Bertz CT molecular complexity index is 182. The minimum atomic E-state index is 0.687. The van der Waals surface area contributed by atoms with Crippen LogP contribution in [0.2, 0.25) is 0 Å². The van der Waals surface area contributed by atoms with Crippen LogP contribution in [-0.2, 0) is 0 Å². The van der Waals surface area contributed by atoms with Crippen molar-refractivity contribution >= 4 is 23.5 Å². The molecule has 0 radical (unpaired) electrons. The second kappa shape index (κ2) is 7.85. The first kappa shape index (κ1) is 14.7. The fourth-order valence-corrected chi connectivity index (χ4v) is 2.83. The van der Waals surface area contributed by atoms with Crippen LogP contribution in [0.25, 0.3) is 0 Å². The summed E-state index contributed by atoms with van der Waals surface area (Å²) in [6, 6.07) is 0. The Balaban J connectivity index is 2.17. The zero-order valence-electron chi connectivity index (χ0n) is 11.1. The van der Waals surface area contributed by atoms with E-state index in [0.29, 0.717) is 5.37 Å². The molecule has 0 saturated carbocycles. The molecule has 2 unspecified atom stereocenters. The minimum absolute atomic E-state index is 0.687. The summed E-state index contributed by atoms with van der Waals surface area (Å²) in [4.78, 5) is 5.22. The second-order valence-corrected chi connectivity index (χ2v) is 6.98. The van der Waals surface area contributed by atoms with E-state index < -0.39 is 0 Å². The van der Waals surface area contributed by atoms with Crippen molar-refractivity contribution in [1.82, 2.24) is 9.80 Å². The van der Waals surface area contributed by atoms with Crippen molar-refractivity contribution in [3.63, 3.8) is 0 Å². The van der Waals surface area contributed by atoms with E-state index in [1.54, 1.807) is 0 Å². The molecule has 1 heterocycles. The van der Waals surface area contributed by atoms with Crippen LogP contribution in [0.4, 0.5) is 0 Å². The Morgan fingerprint density at radius 1 is 1.00 bits per heavy atom. The van der Waals surface area contributed by atoms with Gasteiger partial charge in [-0.3, -0.25) is 4.90 Å². The van der Waals surface area contributed by atoms with E-state index in [2.05, 4.69) is 36.2 Å². The number of piperazine rings is 1. The highest BCUT2D eigenvalue weighted by Crippen LogP contribution is 2.15. The monoisotopic (exact) mass is 262 g/mol. The molecule has 4 heteroatoms. The summed E-state index contributed by atoms with van der Waals surface area (Å²) in [6.07, 6.45) is 5.75. The third-order valence-corrected chi connectivity index (χ3v) is 5.54. The van der Waals surface area contributed by atoms with Gasteiger partial charge in [-0.15, -0.1) is 11.8 Å². The summed E-state index contributed by atoms with van der Waals surface area (Å²) in [5.41, 5.74) is 0. The Morgan fingerprint density at radius 2 is 1.62 bits per heavy atom. The molecule has 16 heavy (non-hydrogen) atoms. The first-order chi connectivity index (χ1) is 7.67. The maximum absolute atomic E-state index is 2.62. The van der Waals surface area contributed by atoms with Gasteiger partial charge in [0, 0.05) is 31.4 Å². The Morgan fingerprint density at radius 3 is 2.12 bits per heavy atom. The quantitative estimate of drug-likeness (QED) is 0.725. The van der Waals surface area contributed by atoms with Gasteiger partial charge in [-0.05, 0) is 32.4 Å². The van der Waals surface area contributed by atoms with Crippen molar-refractivity contribution in [2.24, 2.45) is 0 Å². The molecule has 1 fully saturated rings. The molecule has 0 bridgehead atoms. The maximum Gasteiger partial charge on any atom is 0.0526 e. The lowest BCUT2D eigenvalue weighted by molar-refractivity contribution is 0.127. The van der Waals surface area contributed by atoms with Crippen LogP contribution in [0.3, 0.4) is 0 Å². The molecule has 0 spiro atoms. The zero-order chi connectivity index (χ0) is 12.0. The van der Waals surface area contributed by atoms with E-state index >= 15 is 0 Å². The Kier molecular flexibility index (Phi) is 7.20. The molecular formula is C12H26N2S2. The number of rotatable bonds is 6. The normalized spacial score (nSPS) is 23.2. The average molecular weight is 262 g/mol. The van der Waals surface area contributed by atoms with E-state index in [9.17, 15) is 0 Å². The van der Waals surface area contributed by atoms with E-state index in [0.717, 1.165) is 5.25 Å². The van der Waals surface area contributed by atoms with Gasteiger partial charge < -0.3 is 4.90 Å². The molecule has 1 aliphatic rings. The average Bonchev–Trinajstić information content (AvgIpc) is 2.35. The van der Waals surface area contributed by atoms with E-state index in [1.165, 1.54) is 39.1 Å². The lowest BCUT2D eigenvalue weighted by Gasteiger charge is -2.37. The molecule has 2 nitrogen and oxygen atoms in total. The lowest BCUT2D eigenvalue weighted by atomic mass is 10.2. The van der Waals surface area contributed by atoms with Crippen LogP contribution in [0.1, 0.15) is 20.3 Å². The largest absolute Gasteiger partial charge is 0.301 e. The highest BCUT2D eigenvalue weighted by Gasteiger charge is 2.20. The SMILES string of the molecule is CSC(C)CCN1CCN(C(C)SC)CC1. The van der Waals surface area contributed by atoms with Gasteiger partial charge in [0.15, 0.2) is 0 Å².